The van der Waals surface area contributed by atoms with E-state index in [1.54, 1.807) is 6.92 Å². The number of alkyl halides is 3. The first kappa shape index (κ1) is 19.1. The topological polar surface area (TPSA) is 93.0 Å². The number of amides is 1. The number of aliphatic hydroxyl groups is 3. The molecule has 22 heavy (non-hydrogen) atoms. The van der Waals surface area contributed by atoms with Gasteiger partial charge in [-0.25, -0.2) is 0 Å². The van der Waals surface area contributed by atoms with E-state index in [1.807, 2.05) is 0 Å². The minimum absolute atomic E-state index is 0.00736. The van der Waals surface area contributed by atoms with Crippen molar-refractivity contribution >= 4 is 5.91 Å². The predicted octanol–water partition coefficient (Wildman–Crippen LogP) is -0.378. The Morgan fingerprint density at radius 1 is 1.23 bits per heavy atom. The van der Waals surface area contributed by atoms with E-state index in [2.05, 4.69) is 5.32 Å². The average Bonchev–Trinajstić information content (AvgIpc) is 2.66. The molecule has 6 nitrogen and oxygen atoms in total. The molecule has 4 atom stereocenters. The molecule has 1 aliphatic heterocycles. The molecule has 0 radical (unpaired) electrons. The molecule has 0 aromatic heterocycles. The Bertz CT molecular complexity index is 368. The van der Waals surface area contributed by atoms with Crippen LogP contribution in [-0.4, -0.2) is 76.3 Å². The van der Waals surface area contributed by atoms with Gasteiger partial charge in [0.2, 0.25) is 5.91 Å². The Morgan fingerprint density at radius 3 is 2.32 bits per heavy atom. The second-order valence-corrected chi connectivity index (χ2v) is 5.41. The zero-order chi connectivity index (χ0) is 16.9. The van der Waals surface area contributed by atoms with Gasteiger partial charge in [-0.15, -0.1) is 0 Å². The van der Waals surface area contributed by atoms with Crippen LogP contribution in [0.2, 0.25) is 0 Å². The van der Waals surface area contributed by atoms with Gasteiger partial charge in [-0.05, 0) is 13.0 Å². The molecular formula is C13H23F3N2O4. The number of carbonyl (C=O) groups is 1. The monoisotopic (exact) mass is 328 g/mol. The molecule has 1 aliphatic rings. The van der Waals surface area contributed by atoms with Crippen LogP contribution in [0, 0.1) is 0 Å². The number of hydrogen-bond acceptors (Lipinski definition) is 5. The average molecular weight is 328 g/mol. The molecule has 1 saturated heterocycles. The molecule has 9 heteroatoms. The van der Waals surface area contributed by atoms with E-state index < -0.39 is 43.5 Å². The number of hydrogen-bond donors (Lipinski definition) is 4. The van der Waals surface area contributed by atoms with Crippen LogP contribution in [0.1, 0.15) is 26.2 Å². The lowest BCUT2D eigenvalue weighted by molar-refractivity contribution is -0.136. The van der Waals surface area contributed by atoms with Crippen molar-refractivity contribution < 1.29 is 33.3 Å². The Hall–Kier alpha value is -0.900. The first-order chi connectivity index (χ1) is 10.2. The Morgan fingerprint density at radius 2 is 1.82 bits per heavy atom. The smallest absolute Gasteiger partial charge is 0.389 e. The number of halogens is 3. The summed E-state index contributed by atoms with van der Waals surface area (Å²) in [6, 6.07) is -1.57. The highest BCUT2D eigenvalue weighted by Crippen LogP contribution is 2.27. The first-order valence-corrected chi connectivity index (χ1v) is 7.27. The molecule has 0 aromatic rings. The van der Waals surface area contributed by atoms with Crippen molar-refractivity contribution in [2.45, 2.75) is 56.7 Å². The summed E-state index contributed by atoms with van der Waals surface area (Å²) >= 11 is 0. The van der Waals surface area contributed by atoms with Gasteiger partial charge in [0.05, 0.1) is 30.9 Å². The van der Waals surface area contributed by atoms with E-state index in [0.29, 0.717) is 0 Å². The fraction of sp³-hybridized carbons (Fsp3) is 0.923. The molecule has 1 amide bonds. The van der Waals surface area contributed by atoms with Crippen molar-refractivity contribution in [2.24, 2.45) is 0 Å². The number of rotatable bonds is 7. The molecule has 1 rings (SSSR count). The highest BCUT2D eigenvalue weighted by molar-refractivity contribution is 5.75. The summed E-state index contributed by atoms with van der Waals surface area (Å²) in [5.74, 6) is -0.260. The van der Waals surface area contributed by atoms with Crippen LogP contribution in [-0.2, 0) is 4.79 Å². The predicted molar refractivity (Wildman–Crippen MR) is 72.0 cm³/mol. The highest BCUT2D eigenvalue weighted by atomic mass is 19.4. The Kier molecular flexibility index (Phi) is 7.04. The Balaban J connectivity index is 2.69. The number of nitrogens with one attached hydrogen (secondary N) is 1. The quantitative estimate of drug-likeness (QED) is 0.511. The maximum atomic E-state index is 12.2. The fourth-order valence-corrected chi connectivity index (χ4v) is 2.68. The van der Waals surface area contributed by atoms with Gasteiger partial charge in [0, 0.05) is 19.4 Å². The lowest BCUT2D eigenvalue weighted by Gasteiger charge is -2.29. The van der Waals surface area contributed by atoms with Crippen molar-refractivity contribution in [3.63, 3.8) is 0 Å². The summed E-state index contributed by atoms with van der Waals surface area (Å²) in [5, 5.41) is 31.7. The highest BCUT2D eigenvalue weighted by Gasteiger charge is 2.47. The van der Waals surface area contributed by atoms with Gasteiger partial charge in [-0.3, -0.25) is 9.69 Å². The van der Waals surface area contributed by atoms with E-state index in [0.717, 1.165) is 0 Å². The first-order valence-electron chi connectivity index (χ1n) is 7.27. The van der Waals surface area contributed by atoms with Crippen LogP contribution >= 0.6 is 0 Å². The largest absolute Gasteiger partial charge is 0.395 e. The fourth-order valence-electron chi connectivity index (χ4n) is 2.68. The van der Waals surface area contributed by atoms with Gasteiger partial charge < -0.3 is 20.6 Å². The van der Waals surface area contributed by atoms with Crippen LogP contribution < -0.4 is 5.32 Å². The number of likely N-dealkylation sites (tertiary alicyclic amines) is 1. The van der Waals surface area contributed by atoms with Gasteiger partial charge in [0.1, 0.15) is 0 Å². The minimum Gasteiger partial charge on any atom is -0.395 e. The van der Waals surface area contributed by atoms with Crippen LogP contribution in [0.5, 0.6) is 0 Å². The Labute approximate surface area is 126 Å². The summed E-state index contributed by atoms with van der Waals surface area (Å²) in [4.78, 5) is 12.7. The number of carbonyl (C=O) groups excluding carboxylic acids is 1. The summed E-state index contributed by atoms with van der Waals surface area (Å²) in [5.41, 5.74) is 0. The molecule has 0 bridgehead atoms. The summed E-state index contributed by atoms with van der Waals surface area (Å²) in [6.45, 7) is 1.13. The molecule has 1 fully saturated rings. The third-order valence-corrected chi connectivity index (χ3v) is 3.88. The van der Waals surface area contributed by atoms with Crippen LogP contribution in [0.25, 0.3) is 0 Å². The molecule has 4 N–H and O–H groups in total. The second-order valence-electron chi connectivity index (χ2n) is 5.41. The zero-order valence-corrected chi connectivity index (χ0v) is 12.4. The maximum absolute atomic E-state index is 12.2. The molecule has 1 heterocycles. The van der Waals surface area contributed by atoms with Crippen molar-refractivity contribution in [3.8, 4) is 0 Å². The van der Waals surface area contributed by atoms with E-state index >= 15 is 0 Å². The van der Waals surface area contributed by atoms with Crippen molar-refractivity contribution in [1.29, 1.82) is 0 Å². The molecule has 0 spiro atoms. The van der Waals surface area contributed by atoms with E-state index in [-0.39, 0.29) is 31.8 Å². The lowest BCUT2D eigenvalue weighted by Crippen LogP contribution is -2.47. The summed E-state index contributed by atoms with van der Waals surface area (Å²) in [6.07, 6.45) is -7.74. The van der Waals surface area contributed by atoms with Crippen molar-refractivity contribution in [1.82, 2.24) is 10.2 Å². The zero-order valence-electron chi connectivity index (χ0n) is 12.4. The summed E-state index contributed by atoms with van der Waals surface area (Å²) < 4.78 is 36.7. The summed E-state index contributed by atoms with van der Waals surface area (Å²) in [7, 11) is 0. The van der Waals surface area contributed by atoms with Gasteiger partial charge in [-0.1, -0.05) is 6.92 Å². The number of nitrogens with zero attached hydrogens (tertiary/aromatic N) is 1. The van der Waals surface area contributed by atoms with Crippen molar-refractivity contribution in [2.75, 3.05) is 19.7 Å². The normalized spacial score (nSPS) is 29.8. The third kappa shape index (κ3) is 5.08. The van der Waals surface area contributed by atoms with Crippen LogP contribution in [0.3, 0.4) is 0 Å². The molecular weight excluding hydrogens is 305 g/mol. The third-order valence-electron chi connectivity index (χ3n) is 3.88. The minimum atomic E-state index is -4.28. The molecule has 130 valence electrons. The van der Waals surface area contributed by atoms with E-state index in [1.165, 1.54) is 4.90 Å². The maximum Gasteiger partial charge on any atom is 0.389 e. The van der Waals surface area contributed by atoms with Crippen LogP contribution in [0.15, 0.2) is 0 Å². The van der Waals surface area contributed by atoms with Crippen molar-refractivity contribution in [3.05, 3.63) is 0 Å². The molecule has 0 saturated carbocycles. The SMILES string of the molecule is CCC(=O)NCC1C(O)C(O)C(CO)N1CCCC(F)(F)F. The lowest BCUT2D eigenvalue weighted by atomic mass is 10.1. The molecule has 4 unspecified atom stereocenters. The van der Waals surface area contributed by atoms with E-state index in [4.69, 9.17) is 0 Å². The van der Waals surface area contributed by atoms with Gasteiger partial charge in [0.15, 0.2) is 0 Å². The van der Waals surface area contributed by atoms with Gasteiger partial charge in [0.25, 0.3) is 0 Å². The van der Waals surface area contributed by atoms with E-state index in [9.17, 15) is 33.3 Å². The van der Waals surface area contributed by atoms with Gasteiger partial charge >= 0.3 is 6.18 Å². The van der Waals surface area contributed by atoms with Gasteiger partial charge in [-0.2, -0.15) is 13.2 Å². The van der Waals surface area contributed by atoms with Crippen LogP contribution in [0.4, 0.5) is 13.2 Å². The standard InChI is InChI=1S/C13H23F3N2O4/c1-2-10(20)17-6-8-11(21)12(22)9(7-19)18(8)5-3-4-13(14,15)16/h8-9,11-12,19,21-22H,2-7H2,1H3,(H,17,20). The second kappa shape index (κ2) is 8.09. The molecule has 0 aromatic carbocycles. The molecule has 0 aliphatic carbocycles. The number of aliphatic hydroxyl groups excluding tert-OH is 3.